The van der Waals surface area contributed by atoms with Crippen LogP contribution in [0.2, 0.25) is 0 Å². The molecule has 7 heteroatoms. The Labute approximate surface area is 194 Å². The van der Waals surface area contributed by atoms with Crippen molar-refractivity contribution in [3.63, 3.8) is 0 Å². The Bertz CT molecular complexity index is 1370. The van der Waals surface area contributed by atoms with E-state index in [9.17, 15) is 10.1 Å². The second kappa shape index (κ2) is 9.35. The second-order valence-corrected chi connectivity index (χ2v) is 9.17. The molecule has 5 nitrogen and oxygen atoms in total. The number of benzene rings is 2. The summed E-state index contributed by atoms with van der Waals surface area (Å²) in [6.45, 7) is 5.95. The van der Waals surface area contributed by atoms with Crippen molar-refractivity contribution in [2.75, 3.05) is 11.9 Å². The van der Waals surface area contributed by atoms with Crippen LogP contribution < -0.4 is 5.32 Å². The SMILES string of the molecule is CCOC(=O)c1c(N/C=C(\C#N)c2nc(-c3cccc4ccccc34)cs2)sc(C)c1C. The highest BCUT2D eigenvalue weighted by molar-refractivity contribution is 7.16. The summed E-state index contributed by atoms with van der Waals surface area (Å²) >= 11 is 2.88. The number of hydrogen-bond acceptors (Lipinski definition) is 7. The zero-order valence-electron chi connectivity index (χ0n) is 17.9. The standard InChI is InChI=1S/C25H21N3O2S2/c1-4-30-25(29)22-15(2)16(3)32-24(22)27-13-18(12-26)23-28-21(14-31-23)20-11-7-9-17-8-5-6-10-19(17)20/h5-11,13-14,27H,4H2,1-3H3/b18-13+. The van der Waals surface area contributed by atoms with Crippen LogP contribution >= 0.6 is 22.7 Å². The Balaban J connectivity index is 1.65. The zero-order valence-corrected chi connectivity index (χ0v) is 19.6. The number of fused-ring (bicyclic) bond motifs is 1. The van der Waals surface area contributed by atoms with E-state index in [2.05, 4.69) is 29.6 Å². The molecule has 0 radical (unpaired) electrons. The van der Waals surface area contributed by atoms with Gasteiger partial charge in [0.15, 0.2) is 0 Å². The summed E-state index contributed by atoms with van der Waals surface area (Å²) in [7, 11) is 0. The summed E-state index contributed by atoms with van der Waals surface area (Å²) in [6.07, 6.45) is 1.61. The molecule has 0 saturated heterocycles. The monoisotopic (exact) mass is 459 g/mol. The lowest BCUT2D eigenvalue weighted by molar-refractivity contribution is 0.0527. The van der Waals surface area contributed by atoms with E-state index in [-0.39, 0.29) is 5.97 Å². The third-order valence-electron chi connectivity index (χ3n) is 5.13. The van der Waals surface area contributed by atoms with E-state index in [4.69, 9.17) is 9.72 Å². The maximum atomic E-state index is 12.4. The van der Waals surface area contributed by atoms with Gasteiger partial charge in [-0.1, -0.05) is 42.5 Å². The molecule has 0 fully saturated rings. The molecule has 2 aromatic carbocycles. The summed E-state index contributed by atoms with van der Waals surface area (Å²) in [5.74, 6) is -0.365. The number of rotatable bonds is 6. The highest BCUT2D eigenvalue weighted by Crippen LogP contribution is 2.34. The fraction of sp³-hybridized carbons (Fsp3) is 0.160. The summed E-state index contributed by atoms with van der Waals surface area (Å²) in [5.41, 5.74) is 3.66. The van der Waals surface area contributed by atoms with E-state index in [1.165, 1.54) is 22.7 Å². The van der Waals surface area contributed by atoms with Crippen LogP contribution in [0.4, 0.5) is 5.00 Å². The number of carbonyl (C=O) groups excluding carboxylic acids is 1. The first-order chi connectivity index (χ1) is 15.5. The number of thiophene rings is 1. The van der Waals surface area contributed by atoms with Gasteiger partial charge < -0.3 is 10.1 Å². The number of carbonyl (C=O) groups is 1. The summed E-state index contributed by atoms with van der Waals surface area (Å²) in [4.78, 5) is 18.1. The number of nitrogens with one attached hydrogen (secondary N) is 1. The van der Waals surface area contributed by atoms with Gasteiger partial charge in [-0.15, -0.1) is 22.7 Å². The topological polar surface area (TPSA) is 75.0 Å². The van der Waals surface area contributed by atoms with Gasteiger partial charge in [0.25, 0.3) is 0 Å². The van der Waals surface area contributed by atoms with Crippen molar-refractivity contribution in [3.05, 3.63) is 75.1 Å². The van der Waals surface area contributed by atoms with Gasteiger partial charge in [0.2, 0.25) is 0 Å². The van der Waals surface area contributed by atoms with Crippen molar-refractivity contribution in [1.82, 2.24) is 4.98 Å². The molecule has 160 valence electrons. The molecule has 4 rings (SSSR count). The molecule has 0 atom stereocenters. The average Bonchev–Trinajstić information content (AvgIpc) is 3.39. The van der Waals surface area contributed by atoms with E-state index in [1.807, 2.05) is 43.5 Å². The average molecular weight is 460 g/mol. The van der Waals surface area contributed by atoms with Crippen molar-refractivity contribution < 1.29 is 9.53 Å². The number of aromatic nitrogens is 1. The van der Waals surface area contributed by atoms with Gasteiger partial charge in [-0.2, -0.15) is 5.26 Å². The van der Waals surface area contributed by atoms with Crippen LogP contribution in [-0.2, 0) is 4.74 Å². The fourth-order valence-corrected chi connectivity index (χ4v) is 5.23. The van der Waals surface area contributed by atoms with Crippen LogP contribution in [0, 0.1) is 25.2 Å². The molecule has 2 aromatic heterocycles. The first-order valence-corrected chi connectivity index (χ1v) is 11.8. The molecule has 0 aliphatic heterocycles. The lowest BCUT2D eigenvalue weighted by atomic mass is 10.0. The maximum Gasteiger partial charge on any atom is 0.341 e. The molecular formula is C25H21N3O2S2. The van der Waals surface area contributed by atoms with Crippen LogP contribution in [-0.4, -0.2) is 17.6 Å². The molecule has 1 N–H and O–H groups in total. The summed E-state index contributed by atoms with van der Waals surface area (Å²) in [5, 5.41) is 18.4. The third kappa shape index (κ3) is 4.15. The van der Waals surface area contributed by atoms with E-state index >= 15 is 0 Å². The molecule has 0 aliphatic carbocycles. The molecular weight excluding hydrogens is 438 g/mol. The summed E-state index contributed by atoms with van der Waals surface area (Å²) in [6, 6.07) is 16.5. The number of ether oxygens (including phenoxy) is 1. The van der Waals surface area contributed by atoms with Crippen molar-refractivity contribution in [2.45, 2.75) is 20.8 Å². The lowest BCUT2D eigenvalue weighted by Gasteiger charge is -2.05. The van der Waals surface area contributed by atoms with Crippen LogP contribution in [0.25, 0.3) is 27.6 Å². The molecule has 0 unspecified atom stereocenters. The second-order valence-electron chi connectivity index (χ2n) is 7.09. The van der Waals surface area contributed by atoms with E-state index < -0.39 is 0 Å². The Morgan fingerprint density at radius 2 is 2.00 bits per heavy atom. The van der Waals surface area contributed by atoms with Crippen molar-refractivity contribution in [1.29, 1.82) is 5.26 Å². The van der Waals surface area contributed by atoms with Crippen LogP contribution in [0.15, 0.2) is 54.0 Å². The highest BCUT2D eigenvalue weighted by Gasteiger charge is 2.20. The maximum absolute atomic E-state index is 12.4. The Morgan fingerprint density at radius 1 is 1.22 bits per heavy atom. The lowest BCUT2D eigenvalue weighted by Crippen LogP contribution is -2.07. The number of esters is 1. The van der Waals surface area contributed by atoms with Gasteiger partial charge in [-0.25, -0.2) is 9.78 Å². The molecule has 4 aromatic rings. The van der Waals surface area contributed by atoms with Crippen molar-refractivity contribution in [2.24, 2.45) is 0 Å². The number of allylic oxidation sites excluding steroid dienone is 1. The van der Waals surface area contributed by atoms with Crippen LogP contribution in [0.5, 0.6) is 0 Å². The number of thiazole rings is 1. The fourth-order valence-electron chi connectivity index (χ4n) is 3.43. The van der Waals surface area contributed by atoms with Gasteiger partial charge in [-0.3, -0.25) is 0 Å². The first-order valence-electron chi connectivity index (χ1n) is 10.1. The molecule has 32 heavy (non-hydrogen) atoms. The van der Waals surface area contributed by atoms with Gasteiger partial charge >= 0.3 is 5.97 Å². The third-order valence-corrected chi connectivity index (χ3v) is 7.15. The summed E-state index contributed by atoms with van der Waals surface area (Å²) < 4.78 is 5.20. The highest BCUT2D eigenvalue weighted by atomic mass is 32.1. The number of hydrogen-bond donors (Lipinski definition) is 1. The molecule has 0 spiro atoms. The van der Waals surface area contributed by atoms with Crippen molar-refractivity contribution in [3.8, 4) is 17.3 Å². The predicted octanol–water partition coefficient (Wildman–Crippen LogP) is 6.79. The number of anilines is 1. The van der Waals surface area contributed by atoms with Gasteiger partial charge in [0.05, 0.1) is 17.9 Å². The molecule has 0 bridgehead atoms. The van der Waals surface area contributed by atoms with Gasteiger partial charge in [0.1, 0.15) is 21.7 Å². The normalized spacial score (nSPS) is 11.4. The number of nitrogens with zero attached hydrogens (tertiary/aromatic N) is 2. The Morgan fingerprint density at radius 3 is 2.78 bits per heavy atom. The van der Waals surface area contributed by atoms with Crippen LogP contribution in [0.3, 0.4) is 0 Å². The zero-order chi connectivity index (χ0) is 22.7. The van der Waals surface area contributed by atoms with E-state index in [1.54, 1.807) is 13.1 Å². The molecule has 0 aliphatic rings. The Hall–Kier alpha value is -3.47. The van der Waals surface area contributed by atoms with Gasteiger partial charge in [-0.05, 0) is 37.1 Å². The largest absolute Gasteiger partial charge is 0.462 e. The first kappa shape index (κ1) is 21.8. The molecule has 0 saturated carbocycles. The van der Waals surface area contributed by atoms with Gasteiger partial charge in [0, 0.05) is 22.0 Å². The Kier molecular flexibility index (Phi) is 6.35. The minimum atomic E-state index is -0.365. The van der Waals surface area contributed by atoms with E-state index in [0.29, 0.717) is 27.8 Å². The quantitative estimate of drug-likeness (QED) is 0.254. The minimum Gasteiger partial charge on any atom is -0.462 e. The number of aryl methyl sites for hydroxylation is 1. The number of nitriles is 1. The smallest absolute Gasteiger partial charge is 0.341 e. The van der Waals surface area contributed by atoms with Crippen molar-refractivity contribution >= 4 is 50.0 Å². The minimum absolute atomic E-state index is 0.307. The van der Waals surface area contributed by atoms with Crippen LogP contribution in [0.1, 0.15) is 32.7 Å². The molecule has 2 heterocycles. The molecule has 0 amide bonds. The predicted molar refractivity (Wildman–Crippen MR) is 132 cm³/mol. The van der Waals surface area contributed by atoms with E-state index in [0.717, 1.165) is 32.5 Å².